The van der Waals surface area contributed by atoms with Gasteiger partial charge in [0.1, 0.15) is 5.69 Å². The van der Waals surface area contributed by atoms with Crippen LogP contribution in [0.5, 0.6) is 5.75 Å². The van der Waals surface area contributed by atoms with E-state index in [2.05, 4.69) is 15.5 Å². The van der Waals surface area contributed by atoms with E-state index < -0.39 is 23.6 Å². The number of carbonyl (C=O) groups is 3. The van der Waals surface area contributed by atoms with Crippen LogP contribution in [0.1, 0.15) is 31.1 Å². The summed E-state index contributed by atoms with van der Waals surface area (Å²) in [6, 6.07) is 20.5. The maximum absolute atomic E-state index is 12.9. The highest BCUT2D eigenvalue weighted by molar-refractivity contribution is 6.11. The maximum Gasteiger partial charge on any atom is 0.335 e. The molecule has 0 aromatic heterocycles. The molecule has 0 heterocycles. The Labute approximate surface area is 192 Å². The molecule has 0 aliphatic carbocycles. The van der Waals surface area contributed by atoms with Gasteiger partial charge in [-0.25, -0.2) is 9.59 Å². The van der Waals surface area contributed by atoms with Gasteiger partial charge in [0.2, 0.25) is 0 Å². The number of carbonyl (C=O) groups excluding carboxylic acids is 1. The summed E-state index contributed by atoms with van der Waals surface area (Å²) in [6.45, 7) is 0. The first-order valence-corrected chi connectivity index (χ1v) is 9.98. The van der Waals surface area contributed by atoms with Crippen molar-refractivity contribution in [3.8, 4) is 5.75 Å². The molecule has 0 spiro atoms. The van der Waals surface area contributed by atoms with Gasteiger partial charge in [-0.05, 0) is 41.8 Å². The molecule has 4 aromatic carbocycles. The quantitative estimate of drug-likeness (QED) is 0.278. The van der Waals surface area contributed by atoms with E-state index in [1.165, 1.54) is 6.07 Å². The highest BCUT2D eigenvalue weighted by atomic mass is 16.4. The van der Waals surface area contributed by atoms with Gasteiger partial charge in [0.25, 0.3) is 5.91 Å². The Balaban J connectivity index is 1.80. The first-order valence-electron chi connectivity index (χ1n) is 9.98. The minimum absolute atomic E-state index is 0.0195. The summed E-state index contributed by atoms with van der Waals surface area (Å²) < 4.78 is 0. The molecule has 4 aromatic rings. The number of nitrogens with zero attached hydrogens (tertiary/aromatic N) is 2. The first-order chi connectivity index (χ1) is 16.3. The number of nitrogens with one attached hydrogen (secondary N) is 1. The molecule has 0 radical (unpaired) electrons. The molecule has 4 N–H and O–H groups in total. The number of aromatic carboxylic acids is 2. The van der Waals surface area contributed by atoms with E-state index in [0.717, 1.165) is 18.2 Å². The largest absolute Gasteiger partial charge is 0.505 e. The number of phenols is 1. The van der Waals surface area contributed by atoms with Crippen molar-refractivity contribution < 1.29 is 29.7 Å². The maximum atomic E-state index is 12.9. The molecule has 9 heteroatoms. The van der Waals surface area contributed by atoms with Crippen molar-refractivity contribution in [1.29, 1.82) is 0 Å². The average molecular weight is 455 g/mol. The lowest BCUT2D eigenvalue weighted by Crippen LogP contribution is -2.12. The Hall–Kier alpha value is -5.05. The van der Waals surface area contributed by atoms with Gasteiger partial charge in [0.15, 0.2) is 5.75 Å². The number of fused-ring (bicyclic) bond motifs is 1. The van der Waals surface area contributed by atoms with E-state index in [4.69, 9.17) is 0 Å². The molecule has 0 unspecified atom stereocenters. The van der Waals surface area contributed by atoms with Crippen LogP contribution in [0.25, 0.3) is 10.8 Å². The Morgan fingerprint density at radius 3 is 2.00 bits per heavy atom. The second-order valence-corrected chi connectivity index (χ2v) is 7.24. The zero-order chi connectivity index (χ0) is 24.2. The van der Waals surface area contributed by atoms with Gasteiger partial charge in [0.05, 0.1) is 22.4 Å². The fourth-order valence-electron chi connectivity index (χ4n) is 3.34. The summed E-state index contributed by atoms with van der Waals surface area (Å²) in [4.78, 5) is 35.6. The van der Waals surface area contributed by atoms with Gasteiger partial charge in [-0.2, -0.15) is 5.11 Å². The molecule has 0 saturated carbocycles. The average Bonchev–Trinajstić information content (AvgIpc) is 2.83. The lowest BCUT2D eigenvalue weighted by atomic mass is 10.0. The van der Waals surface area contributed by atoms with Gasteiger partial charge in [-0.15, -0.1) is 5.11 Å². The van der Waals surface area contributed by atoms with Crippen LogP contribution in [0.15, 0.2) is 89.1 Å². The van der Waals surface area contributed by atoms with Crippen LogP contribution in [0.3, 0.4) is 0 Å². The standard InChI is InChI=1S/C25H17N3O6/c29-22-20(23(30)26-17-7-2-1-3-8-17)13-14-6-4-5-9-19(14)21(22)28-27-18-11-15(24(31)32)10-16(12-18)25(33)34/h1-13,29H,(H,26,30)(H,31,32)(H,33,34). The van der Waals surface area contributed by atoms with Gasteiger partial charge in [-0.3, -0.25) is 4.79 Å². The smallest absolute Gasteiger partial charge is 0.335 e. The first kappa shape index (κ1) is 22.2. The minimum Gasteiger partial charge on any atom is -0.505 e. The lowest BCUT2D eigenvalue weighted by Gasteiger charge is -2.11. The number of hydrogen-bond acceptors (Lipinski definition) is 6. The predicted octanol–water partition coefficient (Wildman–Crippen LogP) is 5.61. The summed E-state index contributed by atoms with van der Waals surface area (Å²) in [6.07, 6.45) is 0. The van der Waals surface area contributed by atoms with E-state index in [0.29, 0.717) is 16.5 Å². The monoisotopic (exact) mass is 455 g/mol. The minimum atomic E-state index is -1.33. The zero-order valence-corrected chi connectivity index (χ0v) is 17.5. The van der Waals surface area contributed by atoms with E-state index in [9.17, 15) is 29.7 Å². The molecule has 0 aliphatic rings. The second kappa shape index (κ2) is 9.21. The molecule has 34 heavy (non-hydrogen) atoms. The number of rotatable bonds is 6. The Kier molecular flexibility index (Phi) is 6.00. The number of anilines is 1. The number of benzene rings is 4. The highest BCUT2D eigenvalue weighted by Gasteiger charge is 2.19. The number of aromatic hydroxyl groups is 1. The summed E-state index contributed by atoms with van der Waals surface area (Å²) in [5.74, 6) is -3.64. The van der Waals surface area contributed by atoms with Crippen LogP contribution in [0.2, 0.25) is 0 Å². The molecule has 0 atom stereocenters. The van der Waals surface area contributed by atoms with Crippen molar-refractivity contribution in [1.82, 2.24) is 0 Å². The van der Waals surface area contributed by atoms with Crippen LogP contribution >= 0.6 is 0 Å². The Morgan fingerprint density at radius 2 is 1.35 bits per heavy atom. The number of hydrogen-bond donors (Lipinski definition) is 4. The highest BCUT2D eigenvalue weighted by Crippen LogP contribution is 2.39. The van der Waals surface area contributed by atoms with E-state index >= 15 is 0 Å². The topological polar surface area (TPSA) is 149 Å². The SMILES string of the molecule is O=C(O)c1cc(N=Nc2c(O)c(C(=O)Nc3ccccc3)cc3ccccc23)cc(C(=O)O)c1. The van der Waals surface area contributed by atoms with Crippen molar-refractivity contribution in [2.45, 2.75) is 0 Å². The van der Waals surface area contributed by atoms with Crippen molar-refractivity contribution in [3.63, 3.8) is 0 Å². The normalized spacial score (nSPS) is 10.9. The van der Waals surface area contributed by atoms with Gasteiger partial charge < -0.3 is 20.6 Å². The Bertz CT molecular complexity index is 1430. The summed E-state index contributed by atoms with van der Waals surface area (Å²) >= 11 is 0. The molecule has 0 aliphatic heterocycles. The van der Waals surface area contributed by atoms with Crippen LogP contribution in [0.4, 0.5) is 17.1 Å². The number of para-hydroxylation sites is 1. The third-order valence-electron chi connectivity index (χ3n) is 4.95. The van der Waals surface area contributed by atoms with Gasteiger partial charge >= 0.3 is 11.9 Å². The fourth-order valence-corrected chi connectivity index (χ4v) is 3.34. The lowest BCUT2D eigenvalue weighted by molar-refractivity contribution is 0.0696. The second-order valence-electron chi connectivity index (χ2n) is 7.24. The number of carboxylic acids is 2. The van der Waals surface area contributed by atoms with Crippen molar-refractivity contribution in [2.24, 2.45) is 10.2 Å². The van der Waals surface area contributed by atoms with E-state index in [-0.39, 0.29) is 28.1 Å². The third kappa shape index (κ3) is 4.58. The molecule has 1 amide bonds. The van der Waals surface area contributed by atoms with Gasteiger partial charge in [-0.1, -0.05) is 42.5 Å². The van der Waals surface area contributed by atoms with E-state index in [1.807, 2.05) is 0 Å². The molecule has 9 nitrogen and oxygen atoms in total. The van der Waals surface area contributed by atoms with Crippen molar-refractivity contribution in [2.75, 3.05) is 5.32 Å². The van der Waals surface area contributed by atoms with Crippen LogP contribution in [-0.4, -0.2) is 33.2 Å². The number of phenolic OH excluding ortho intramolecular Hbond substituents is 1. The predicted molar refractivity (Wildman–Crippen MR) is 125 cm³/mol. The van der Waals surface area contributed by atoms with E-state index in [1.54, 1.807) is 54.6 Å². The van der Waals surface area contributed by atoms with Crippen molar-refractivity contribution >= 4 is 45.7 Å². The molecular weight excluding hydrogens is 438 g/mol. The number of amides is 1. The zero-order valence-electron chi connectivity index (χ0n) is 17.5. The molecule has 0 bridgehead atoms. The summed E-state index contributed by atoms with van der Waals surface area (Å²) in [5.41, 5.74) is -0.122. The number of azo groups is 1. The Morgan fingerprint density at radius 1 is 0.735 bits per heavy atom. The van der Waals surface area contributed by atoms with Crippen LogP contribution in [-0.2, 0) is 0 Å². The molecular formula is C25H17N3O6. The summed E-state index contributed by atoms with van der Waals surface area (Å²) in [5, 5.41) is 41.2. The van der Waals surface area contributed by atoms with Crippen LogP contribution in [0, 0.1) is 0 Å². The van der Waals surface area contributed by atoms with Crippen molar-refractivity contribution in [3.05, 3.63) is 95.6 Å². The van der Waals surface area contributed by atoms with Crippen LogP contribution < -0.4 is 5.32 Å². The molecule has 0 saturated heterocycles. The molecule has 0 fully saturated rings. The third-order valence-corrected chi connectivity index (χ3v) is 4.95. The molecule has 168 valence electrons. The fraction of sp³-hybridized carbons (Fsp3) is 0. The molecule has 4 rings (SSSR count). The van der Waals surface area contributed by atoms with Gasteiger partial charge in [0, 0.05) is 11.1 Å². The summed E-state index contributed by atoms with van der Waals surface area (Å²) in [7, 11) is 0. The number of carboxylic acid groups (broad SMARTS) is 2.